The number of nitrogens with zero attached hydrogens (tertiary/aromatic N) is 1. The van der Waals surface area contributed by atoms with E-state index in [2.05, 4.69) is 4.98 Å². The zero-order valence-electron chi connectivity index (χ0n) is 23.2. The fourth-order valence-electron chi connectivity index (χ4n) is 6.64. The van der Waals surface area contributed by atoms with Crippen molar-refractivity contribution in [2.75, 3.05) is 6.61 Å². The van der Waals surface area contributed by atoms with Crippen LogP contribution in [0.15, 0.2) is 36.5 Å². The molecule has 1 aromatic heterocycles. The lowest BCUT2D eigenvalue weighted by Crippen LogP contribution is -2.49. The Bertz CT molecular complexity index is 1510. The third-order valence-corrected chi connectivity index (χ3v) is 9.15. The number of aromatic nitrogens is 1. The van der Waals surface area contributed by atoms with Crippen molar-refractivity contribution in [3.8, 4) is 22.8 Å². The Labute approximate surface area is 236 Å². The molecule has 41 heavy (non-hydrogen) atoms. The van der Waals surface area contributed by atoms with Gasteiger partial charge in [-0.05, 0) is 97.9 Å². The van der Waals surface area contributed by atoms with Gasteiger partial charge in [0.25, 0.3) is 0 Å². The lowest BCUT2D eigenvalue weighted by atomic mass is 9.72. The second-order valence-corrected chi connectivity index (χ2v) is 12.0. The first-order chi connectivity index (χ1) is 19.5. The molecule has 2 aromatic carbocycles. The molecule has 9 heteroatoms. The first kappa shape index (κ1) is 27.6. The summed E-state index contributed by atoms with van der Waals surface area (Å²) in [6.07, 6.45) is 3.50. The van der Waals surface area contributed by atoms with Crippen LogP contribution in [0.4, 0.5) is 8.78 Å². The smallest absolute Gasteiger partial charge is 0.307 e. The number of rotatable bonds is 9. The SMILES string of the molecule is Cc1cc(OC2CC(C(C)(O)CO)C2)cc(C)c1-c1cc(COc2cc3c(cn2)[C@H]2[C@@H](C3)[C@@H]2C(=O)O)c(F)cc1F. The molecule has 7 nitrogen and oxygen atoms in total. The maximum atomic E-state index is 15.1. The van der Waals surface area contributed by atoms with Crippen molar-refractivity contribution in [2.45, 2.75) is 64.3 Å². The predicted molar refractivity (Wildman–Crippen MR) is 146 cm³/mol. The molecule has 216 valence electrons. The Kier molecular flexibility index (Phi) is 6.77. The maximum absolute atomic E-state index is 15.1. The van der Waals surface area contributed by atoms with Crippen molar-refractivity contribution in [2.24, 2.45) is 17.8 Å². The van der Waals surface area contributed by atoms with E-state index in [1.807, 2.05) is 26.0 Å². The fourth-order valence-corrected chi connectivity index (χ4v) is 6.64. The number of ether oxygens (including phenoxy) is 2. The van der Waals surface area contributed by atoms with Crippen molar-refractivity contribution in [1.82, 2.24) is 4.98 Å². The van der Waals surface area contributed by atoms with Crippen molar-refractivity contribution in [3.05, 3.63) is 76.0 Å². The van der Waals surface area contributed by atoms with Gasteiger partial charge in [0.05, 0.1) is 24.2 Å². The van der Waals surface area contributed by atoms with Crippen LogP contribution in [-0.2, 0) is 17.8 Å². The van der Waals surface area contributed by atoms with E-state index in [4.69, 9.17) is 9.47 Å². The summed E-state index contributed by atoms with van der Waals surface area (Å²) in [5.41, 5.74) is 3.46. The first-order valence-electron chi connectivity index (χ1n) is 13.9. The van der Waals surface area contributed by atoms with E-state index in [9.17, 15) is 24.5 Å². The molecule has 1 heterocycles. The number of benzene rings is 2. The highest BCUT2D eigenvalue weighted by Crippen LogP contribution is 2.61. The van der Waals surface area contributed by atoms with Crippen LogP contribution in [0.2, 0.25) is 0 Å². The highest BCUT2D eigenvalue weighted by atomic mass is 19.1. The van der Waals surface area contributed by atoms with Crippen molar-refractivity contribution >= 4 is 5.97 Å². The van der Waals surface area contributed by atoms with E-state index in [1.165, 1.54) is 6.07 Å². The summed E-state index contributed by atoms with van der Waals surface area (Å²) in [7, 11) is 0. The Morgan fingerprint density at radius 1 is 1.10 bits per heavy atom. The van der Waals surface area contributed by atoms with Crippen LogP contribution >= 0.6 is 0 Å². The quantitative estimate of drug-likeness (QED) is 0.332. The summed E-state index contributed by atoms with van der Waals surface area (Å²) < 4.78 is 41.7. The number of aliphatic carboxylic acids is 1. The van der Waals surface area contributed by atoms with Gasteiger partial charge in [-0.1, -0.05) is 0 Å². The van der Waals surface area contributed by atoms with Crippen molar-refractivity contribution in [3.63, 3.8) is 0 Å². The van der Waals surface area contributed by atoms with Gasteiger partial charge >= 0.3 is 5.97 Å². The second-order valence-electron chi connectivity index (χ2n) is 12.0. The van der Waals surface area contributed by atoms with E-state index in [-0.39, 0.29) is 54.1 Å². The number of halogens is 2. The average molecular weight is 566 g/mol. The molecule has 4 atom stereocenters. The summed E-state index contributed by atoms with van der Waals surface area (Å²) in [6, 6.07) is 7.77. The van der Waals surface area contributed by atoms with Gasteiger partial charge in [0.15, 0.2) is 0 Å². The number of pyridine rings is 1. The minimum atomic E-state index is -1.13. The molecule has 0 amide bonds. The zero-order valence-corrected chi connectivity index (χ0v) is 23.2. The number of carbonyl (C=O) groups is 1. The summed E-state index contributed by atoms with van der Waals surface area (Å²) in [4.78, 5) is 15.6. The van der Waals surface area contributed by atoms with E-state index >= 15 is 4.39 Å². The molecule has 0 spiro atoms. The monoisotopic (exact) mass is 565 g/mol. The Hall–Kier alpha value is -3.56. The van der Waals surface area contributed by atoms with Crippen LogP contribution in [0.3, 0.4) is 0 Å². The molecule has 0 radical (unpaired) electrons. The number of hydrogen-bond donors (Lipinski definition) is 3. The Balaban J connectivity index is 1.16. The summed E-state index contributed by atoms with van der Waals surface area (Å²) in [5.74, 6) is -1.47. The Morgan fingerprint density at radius 3 is 2.46 bits per heavy atom. The van der Waals surface area contributed by atoms with Crippen LogP contribution in [0, 0.1) is 43.2 Å². The van der Waals surface area contributed by atoms with Gasteiger partial charge in [0.2, 0.25) is 5.88 Å². The number of carboxylic acid groups (broad SMARTS) is 1. The van der Waals surface area contributed by atoms with Crippen molar-refractivity contribution < 1.29 is 38.4 Å². The second kappa shape index (κ2) is 10.1. The largest absolute Gasteiger partial charge is 0.490 e. The third-order valence-electron chi connectivity index (χ3n) is 9.15. The minimum absolute atomic E-state index is 0.0117. The van der Waals surface area contributed by atoms with Gasteiger partial charge in [0, 0.05) is 35.4 Å². The molecule has 0 bridgehead atoms. The summed E-state index contributed by atoms with van der Waals surface area (Å²) in [6.45, 7) is 4.88. The highest BCUT2D eigenvalue weighted by Gasteiger charge is 2.60. The van der Waals surface area contributed by atoms with Crippen LogP contribution in [0.5, 0.6) is 11.6 Å². The molecule has 2 fully saturated rings. The molecule has 0 saturated heterocycles. The van der Waals surface area contributed by atoms with Gasteiger partial charge in [-0.15, -0.1) is 0 Å². The van der Waals surface area contributed by atoms with Gasteiger partial charge in [-0.25, -0.2) is 13.8 Å². The van der Waals surface area contributed by atoms with Gasteiger partial charge in [-0.2, -0.15) is 0 Å². The molecule has 6 rings (SSSR count). The Morgan fingerprint density at radius 2 is 1.80 bits per heavy atom. The van der Waals surface area contributed by atoms with E-state index in [0.29, 0.717) is 36.5 Å². The maximum Gasteiger partial charge on any atom is 0.307 e. The van der Waals surface area contributed by atoms with E-state index < -0.39 is 23.2 Å². The highest BCUT2D eigenvalue weighted by molar-refractivity contribution is 5.78. The third kappa shape index (κ3) is 4.95. The molecule has 2 saturated carbocycles. The lowest BCUT2D eigenvalue weighted by molar-refractivity contribution is -0.139. The molecular formula is C32H33F2NO6. The molecule has 0 aliphatic heterocycles. The molecule has 3 aliphatic carbocycles. The number of aliphatic hydroxyl groups excluding tert-OH is 1. The molecule has 1 unspecified atom stereocenters. The predicted octanol–water partition coefficient (Wildman–Crippen LogP) is 5.09. The number of aliphatic hydroxyl groups is 2. The molecule has 3 N–H and O–H groups in total. The van der Waals surface area contributed by atoms with Crippen molar-refractivity contribution in [1.29, 1.82) is 0 Å². The first-order valence-corrected chi connectivity index (χ1v) is 13.9. The van der Waals surface area contributed by atoms with Gasteiger partial charge in [0.1, 0.15) is 24.0 Å². The fraction of sp³-hybridized carbons (Fsp3) is 0.438. The summed E-state index contributed by atoms with van der Waals surface area (Å²) in [5, 5.41) is 28.9. The zero-order chi connectivity index (χ0) is 29.2. The number of aryl methyl sites for hydroxylation is 2. The standard InChI is InChI=1S/C32H33F2NO6/c1-15-4-20(41-21-9-19(10-21)32(3,39)14-36)5-16(2)28(15)22-7-18(25(33)11-26(22)34)13-40-27-8-17-6-23-29(24(17)12-35-27)30(23)31(37)38/h4-5,7-8,11-12,19,21,23,29-30,36,39H,6,9-10,13-14H2,1-3H3,(H,37,38)/t19?,21?,23-,29-,30+,32?/m1/s1. The number of hydrogen-bond acceptors (Lipinski definition) is 6. The van der Waals surface area contributed by atoms with Gasteiger partial charge in [-0.3, -0.25) is 4.79 Å². The van der Waals surface area contributed by atoms with E-state index in [1.54, 1.807) is 19.2 Å². The van der Waals surface area contributed by atoms with Crippen LogP contribution in [0.1, 0.15) is 53.5 Å². The minimum Gasteiger partial charge on any atom is -0.490 e. The van der Waals surface area contributed by atoms with Gasteiger partial charge < -0.3 is 24.8 Å². The lowest BCUT2D eigenvalue weighted by Gasteiger charge is -2.43. The normalized spacial score (nSPS) is 25.5. The summed E-state index contributed by atoms with van der Waals surface area (Å²) >= 11 is 0. The molecular weight excluding hydrogens is 532 g/mol. The van der Waals surface area contributed by atoms with E-state index in [0.717, 1.165) is 28.3 Å². The number of fused-ring (bicyclic) bond motifs is 3. The van der Waals surface area contributed by atoms with Crippen LogP contribution in [0.25, 0.3) is 11.1 Å². The molecule has 3 aliphatic rings. The van der Waals surface area contributed by atoms with Crippen LogP contribution in [-0.4, -0.2) is 44.6 Å². The van der Waals surface area contributed by atoms with Crippen LogP contribution < -0.4 is 9.47 Å². The number of carboxylic acids is 1. The topological polar surface area (TPSA) is 109 Å². The molecule has 3 aromatic rings. The average Bonchev–Trinajstić information content (AvgIpc) is 3.48.